The Morgan fingerprint density at radius 2 is 2.00 bits per heavy atom. The standard InChI is InChI=1S/C10H21N.CH4/c1-3-10-5-4-9(2)8-11-7-6-10;/h9-11H,3-8H2,1-2H3;1H4. The van der Waals surface area contributed by atoms with Crippen LogP contribution in [0.25, 0.3) is 0 Å². The van der Waals surface area contributed by atoms with Gasteiger partial charge in [-0.3, -0.25) is 0 Å². The second-order valence-electron chi connectivity index (χ2n) is 3.95. The molecule has 2 atom stereocenters. The first-order valence-corrected chi connectivity index (χ1v) is 5.03. The lowest BCUT2D eigenvalue weighted by molar-refractivity contribution is 0.332. The van der Waals surface area contributed by atoms with Gasteiger partial charge < -0.3 is 5.32 Å². The van der Waals surface area contributed by atoms with Crippen molar-refractivity contribution in [3.05, 3.63) is 0 Å². The van der Waals surface area contributed by atoms with Crippen molar-refractivity contribution in [2.75, 3.05) is 13.1 Å². The predicted molar refractivity (Wildman–Crippen MR) is 56.4 cm³/mol. The average Bonchev–Trinajstić information content (AvgIpc) is 1.98. The summed E-state index contributed by atoms with van der Waals surface area (Å²) in [5.41, 5.74) is 0. The lowest BCUT2D eigenvalue weighted by atomic mass is 9.91. The summed E-state index contributed by atoms with van der Waals surface area (Å²) in [4.78, 5) is 0. The molecule has 1 heteroatoms. The van der Waals surface area contributed by atoms with E-state index in [0.29, 0.717) is 0 Å². The normalized spacial score (nSPS) is 31.5. The molecule has 0 aromatic carbocycles. The number of hydrogen-bond donors (Lipinski definition) is 1. The van der Waals surface area contributed by atoms with Crippen molar-refractivity contribution in [3.63, 3.8) is 0 Å². The summed E-state index contributed by atoms with van der Waals surface area (Å²) in [6, 6.07) is 0. The minimum absolute atomic E-state index is 0. The van der Waals surface area contributed by atoms with Crippen LogP contribution in [0.2, 0.25) is 0 Å². The number of rotatable bonds is 1. The van der Waals surface area contributed by atoms with Gasteiger partial charge >= 0.3 is 0 Å². The monoisotopic (exact) mass is 171 g/mol. The molecule has 0 aromatic rings. The fourth-order valence-electron chi connectivity index (χ4n) is 1.83. The molecule has 0 spiro atoms. The summed E-state index contributed by atoms with van der Waals surface area (Å²) in [5.74, 6) is 1.88. The van der Waals surface area contributed by atoms with E-state index in [1.165, 1.54) is 38.8 Å². The maximum atomic E-state index is 3.50. The van der Waals surface area contributed by atoms with E-state index in [2.05, 4.69) is 19.2 Å². The molecule has 0 aromatic heterocycles. The van der Waals surface area contributed by atoms with Crippen molar-refractivity contribution in [2.24, 2.45) is 11.8 Å². The average molecular weight is 171 g/mol. The van der Waals surface area contributed by atoms with Gasteiger partial charge in [0.15, 0.2) is 0 Å². The van der Waals surface area contributed by atoms with Gasteiger partial charge in [-0.25, -0.2) is 0 Å². The minimum Gasteiger partial charge on any atom is -0.316 e. The molecule has 1 heterocycles. The third-order valence-corrected chi connectivity index (χ3v) is 2.87. The van der Waals surface area contributed by atoms with Gasteiger partial charge in [0.05, 0.1) is 0 Å². The summed E-state index contributed by atoms with van der Waals surface area (Å²) in [7, 11) is 0. The zero-order valence-electron chi connectivity index (χ0n) is 7.90. The van der Waals surface area contributed by atoms with E-state index in [1.807, 2.05) is 0 Å². The van der Waals surface area contributed by atoms with Crippen molar-refractivity contribution < 1.29 is 0 Å². The van der Waals surface area contributed by atoms with Crippen LogP contribution in [0.15, 0.2) is 0 Å². The minimum atomic E-state index is 0. The van der Waals surface area contributed by atoms with E-state index in [0.717, 1.165) is 11.8 Å². The van der Waals surface area contributed by atoms with E-state index in [1.54, 1.807) is 0 Å². The molecule has 0 amide bonds. The lowest BCUT2D eigenvalue weighted by Gasteiger charge is -2.22. The number of hydrogen-bond acceptors (Lipinski definition) is 1. The van der Waals surface area contributed by atoms with E-state index < -0.39 is 0 Å². The van der Waals surface area contributed by atoms with Gasteiger partial charge in [0.2, 0.25) is 0 Å². The Morgan fingerprint density at radius 1 is 1.25 bits per heavy atom. The first-order valence-electron chi connectivity index (χ1n) is 5.03. The maximum absolute atomic E-state index is 3.50. The Labute approximate surface area is 77.9 Å². The molecule has 1 aliphatic rings. The van der Waals surface area contributed by atoms with Crippen molar-refractivity contribution in [2.45, 2.75) is 47.0 Å². The van der Waals surface area contributed by atoms with E-state index in [-0.39, 0.29) is 7.43 Å². The third-order valence-electron chi connectivity index (χ3n) is 2.87. The van der Waals surface area contributed by atoms with Gasteiger partial charge in [0.25, 0.3) is 0 Å². The quantitative estimate of drug-likeness (QED) is 0.639. The lowest BCUT2D eigenvalue weighted by Crippen LogP contribution is -2.27. The molecule has 12 heavy (non-hydrogen) atoms. The maximum Gasteiger partial charge on any atom is -0.00232 e. The Hall–Kier alpha value is -0.0400. The Kier molecular flexibility index (Phi) is 6.45. The molecule has 1 saturated heterocycles. The highest BCUT2D eigenvalue weighted by atomic mass is 14.9. The van der Waals surface area contributed by atoms with Gasteiger partial charge in [-0.15, -0.1) is 0 Å². The van der Waals surface area contributed by atoms with Crippen LogP contribution in [-0.2, 0) is 0 Å². The van der Waals surface area contributed by atoms with Crippen LogP contribution in [0.1, 0.15) is 47.0 Å². The van der Waals surface area contributed by atoms with Gasteiger partial charge in [-0.2, -0.15) is 0 Å². The third kappa shape index (κ3) is 4.10. The molecule has 0 saturated carbocycles. The first-order chi connectivity index (χ1) is 5.33. The molecule has 1 aliphatic heterocycles. The molecular weight excluding hydrogens is 146 g/mol. The fraction of sp³-hybridized carbons (Fsp3) is 1.00. The first kappa shape index (κ1) is 12.0. The SMILES string of the molecule is C.CCC1CCNCC(C)CC1. The predicted octanol–water partition coefficient (Wildman–Crippen LogP) is 3.06. The highest BCUT2D eigenvalue weighted by Crippen LogP contribution is 2.19. The Bertz CT molecular complexity index is 101. The molecule has 1 nitrogen and oxygen atoms in total. The molecule has 0 aliphatic carbocycles. The van der Waals surface area contributed by atoms with Crippen LogP contribution in [-0.4, -0.2) is 13.1 Å². The summed E-state index contributed by atoms with van der Waals surface area (Å²) in [6.07, 6.45) is 5.64. The van der Waals surface area contributed by atoms with E-state index in [9.17, 15) is 0 Å². The van der Waals surface area contributed by atoms with Crippen molar-refractivity contribution in [3.8, 4) is 0 Å². The van der Waals surface area contributed by atoms with Crippen LogP contribution in [0.4, 0.5) is 0 Å². The van der Waals surface area contributed by atoms with Gasteiger partial charge in [-0.05, 0) is 37.8 Å². The van der Waals surface area contributed by atoms with Gasteiger partial charge in [0, 0.05) is 0 Å². The fourth-order valence-corrected chi connectivity index (χ4v) is 1.83. The van der Waals surface area contributed by atoms with E-state index >= 15 is 0 Å². The van der Waals surface area contributed by atoms with Crippen molar-refractivity contribution >= 4 is 0 Å². The summed E-state index contributed by atoms with van der Waals surface area (Å²) in [5, 5.41) is 3.50. The van der Waals surface area contributed by atoms with Crippen molar-refractivity contribution in [1.82, 2.24) is 5.32 Å². The summed E-state index contributed by atoms with van der Waals surface area (Å²) in [6.45, 7) is 7.14. The molecule has 0 bridgehead atoms. The van der Waals surface area contributed by atoms with Gasteiger partial charge in [0.1, 0.15) is 0 Å². The highest BCUT2D eigenvalue weighted by Gasteiger charge is 2.11. The van der Waals surface area contributed by atoms with Crippen LogP contribution >= 0.6 is 0 Å². The molecule has 2 unspecified atom stereocenters. The summed E-state index contributed by atoms with van der Waals surface area (Å²) < 4.78 is 0. The Morgan fingerprint density at radius 3 is 2.67 bits per heavy atom. The van der Waals surface area contributed by atoms with Crippen LogP contribution in [0.5, 0.6) is 0 Å². The topological polar surface area (TPSA) is 12.0 Å². The zero-order valence-corrected chi connectivity index (χ0v) is 7.90. The van der Waals surface area contributed by atoms with Gasteiger partial charge in [-0.1, -0.05) is 34.1 Å². The highest BCUT2D eigenvalue weighted by molar-refractivity contribution is 4.67. The second kappa shape index (κ2) is 6.47. The molecule has 74 valence electrons. The molecular formula is C11H25N. The van der Waals surface area contributed by atoms with Crippen LogP contribution in [0.3, 0.4) is 0 Å². The molecule has 1 rings (SSSR count). The Balaban J connectivity index is 0.00000121. The largest absolute Gasteiger partial charge is 0.316 e. The molecule has 1 N–H and O–H groups in total. The smallest absolute Gasteiger partial charge is 0.00232 e. The molecule has 0 radical (unpaired) electrons. The van der Waals surface area contributed by atoms with Crippen LogP contribution in [0, 0.1) is 11.8 Å². The summed E-state index contributed by atoms with van der Waals surface area (Å²) >= 11 is 0. The second-order valence-corrected chi connectivity index (χ2v) is 3.95. The molecule has 1 fully saturated rings. The van der Waals surface area contributed by atoms with Crippen molar-refractivity contribution in [1.29, 1.82) is 0 Å². The van der Waals surface area contributed by atoms with E-state index in [4.69, 9.17) is 0 Å². The van der Waals surface area contributed by atoms with Crippen LogP contribution < -0.4 is 5.32 Å². The zero-order chi connectivity index (χ0) is 8.10. The number of nitrogens with one attached hydrogen (secondary N) is 1.